The average molecular weight is 381 g/mol. The quantitative estimate of drug-likeness (QED) is 0.701. The van der Waals surface area contributed by atoms with Gasteiger partial charge in [0.2, 0.25) is 0 Å². The van der Waals surface area contributed by atoms with E-state index in [0.29, 0.717) is 5.69 Å². The van der Waals surface area contributed by atoms with E-state index in [0.717, 1.165) is 64.3 Å². The molecule has 3 rings (SSSR count). The van der Waals surface area contributed by atoms with Crippen LogP contribution in [0, 0.1) is 0 Å². The minimum Gasteiger partial charge on any atom is -0.368 e. The Balaban J connectivity index is 1.55. The van der Waals surface area contributed by atoms with E-state index < -0.39 is 0 Å². The van der Waals surface area contributed by atoms with E-state index in [1.807, 2.05) is 23.2 Å². The first-order chi connectivity index (χ1) is 13.7. The third-order valence-electron chi connectivity index (χ3n) is 5.23. The molecule has 0 unspecified atom stereocenters. The highest BCUT2D eigenvalue weighted by Crippen LogP contribution is 2.17. The normalized spacial score (nSPS) is 14.9. The minimum atomic E-state index is 0.0444. The smallest absolute Gasteiger partial charge is 0.272 e. The van der Waals surface area contributed by atoms with Crippen molar-refractivity contribution in [3.63, 3.8) is 0 Å². The predicted molar refractivity (Wildman–Crippen MR) is 115 cm³/mol. The highest BCUT2D eigenvalue weighted by Gasteiger charge is 2.19. The summed E-state index contributed by atoms with van der Waals surface area (Å²) in [7, 11) is 0. The lowest BCUT2D eigenvalue weighted by molar-refractivity contribution is 0.0749. The van der Waals surface area contributed by atoms with Gasteiger partial charge < -0.3 is 9.80 Å². The summed E-state index contributed by atoms with van der Waals surface area (Å²) >= 11 is 0. The Kier molecular flexibility index (Phi) is 7.43. The number of benzene rings is 1. The van der Waals surface area contributed by atoms with E-state index in [9.17, 15) is 4.79 Å². The molecule has 1 aliphatic rings. The molecule has 1 saturated heterocycles. The second kappa shape index (κ2) is 10.2. The van der Waals surface area contributed by atoms with Crippen molar-refractivity contribution in [3.05, 3.63) is 59.9 Å². The number of hydrogen-bond donors (Lipinski definition) is 0. The molecule has 0 N–H and O–H groups in total. The van der Waals surface area contributed by atoms with Gasteiger partial charge in [0, 0.05) is 45.8 Å². The van der Waals surface area contributed by atoms with Crippen LogP contribution >= 0.6 is 0 Å². The van der Waals surface area contributed by atoms with E-state index in [4.69, 9.17) is 0 Å². The number of anilines is 1. The molecule has 0 aliphatic carbocycles. The molecule has 1 aromatic carbocycles. The van der Waals surface area contributed by atoms with E-state index in [1.165, 1.54) is 5.56 Å². The minimum absolute atomic E-state index is 0.0444. The lowest BCUT2D eigenvalue weighted by Gasteiger charge is -2.36. The molecule has 0 spiro atoms. The fourth-order valence-corrected chi connectivity index (χ4v) is 3.72. The van der Waals surface area contributed by atoms with Crippen LogP contribution in [0.5, 0.6) is 0 Å². The predicted octanol–water partition coefficient (Wildman–Crippen LogP) is 3.67. The standard InChI is InChI=1S/C23H32N4O/c1-3-12-27(13-4-2)23(28)22-11-10-21(18-24-22)26-16-14-25(15-17-26)19-20-8-6-5-7-9-20/h5-11,18H,3-4,12-17,19H2,1-2H3. The van der Waals surface area contributed by atoms with Gasteiger partial charge >= 0.3 is 0 Å². The SMILES string of the molecule is CCCN(CCC)C(=O)c1ccc(N2CCN(Cc3ccccc3)CC2)cn1. The Morgan fingerprint density at radius 2 is 1.64 bits per heavy atom. The number of piperazine rings is 1. The van der Waals surface area contributed by atoms with Gasteiger partial charge in [-0.25, -0.2) is 4.98 Å². The maximum atomic E-state index is 12.7. The number of carbonyl (C=O) groups is 1. The molecule has 1 fully saturated rings. The topological polar surface area (TPSA) is 39.7 Å². The lowest BCUT2D eigenvalue weighted by Crippen LogP contribution is -2.46. The lowest BCUT2D eigenvalue weighted by atomic mass is 10.2. The molecule has 1 amide bonds. The summed E-state index contributed by atoms with van der Waals surface area (Å²) in [5.41, 5.74) is 3.02. The number of carbonyl (C=O) groups excluding carboxylic acids is 1. The first kappa shape index (κ1) is 20.3. The molecule has 2 heterocycles. The Hall–Kier alpha value is -2.40. The van der Waals surface area contributed by atoms with Crippen LogP contribution in [0.15, 0.2) is 48.7 Å². The zero-order valence-corrected chi connectivity index (χ0v) is 17.2. The van der Waals surface area contributed by atoms with Crippen LogP contribution in [0.2, 0.25) is 0 Å². The fraction of sp³-hybridized carbons (Fsp3) is 0.478. The Morgan fingerprint density at radius 3 is 2.21 bits per heavy atom. The van der Waals surface area contributed by atoms with Gasteiger partial charge in [0.1, 0.15) is 5.69 Å². The van der Waals surface area contributed by atoms with Crippen LogP contribution in [0.25, 0.3) is 0 Å². The largest absolute Gasteiger partial charge is 0.368 e. The first-order valence-electron chi connectivity index (χ1n) is 10.5. The summed E-state index contributed by atoms with van der Waals surface area (Å²) in [5.74, 6) is 0.0444. The molecular weight excluding hydrogens is 348 g/mol. The third-order valence-corrected chi connectivity index (χ3v) is 5.23. The fourth-order valence-electron chi connectivity index (χ4n) is 3.72. The Labute approximate surface area is 169 Å². The van der Waals surface area contributed by atoms with E-state index in [2.05, 4.69) is 59.0 Å². The summed E-state index contributed by atoms with van der Waals surface area (Å²) in [6.07, 6.45) is 3.80. The van der Waals surface area contributed by atoms with Crippen molar-refractivity contribution in [3.8, 4) is 0 Å². The molecule has 0 bridgehead atoms. The monoisotopic (exact) mass is 380 g/mol. The van der Waals surface area contributed by atoms with Gasteiger partial charge in [0.05, 0.1) is 11.9 Å². The van der Waals surface area contributed by atoms with Crippen molar-refractivity contribution in [2.75, 3.05) is 44.2 Å². The number of pyridine rings is 1. The number of aromatic nitrogens is 1. The number of hydrogen-bond acceptors (Lipinski definition) is 4. The summed E-state index contributed by atoms with van der Waals surface area (Å²) in [6.45, 7) is 10.8. The average Bonchev–Trinajstić information content (AvgIpc) is 2.74. The van der Waals surface area contributed by atoms with Crippen molar-refractivity contribution >= 4 is 11.6 Å². The molecule has 0 radical (unpaired) electrons. The zero-order valence-electron chi connectivity index (χ0n) is 17.2. The van der Waals surface area contributed by atoms with Crippen molar-refractivity contribution < 1.29 is 4.79 Å². The number of rotatable bonds is 8. The van der Waals surface area contributed by atoms with E-state index in [-0.39, 0.29) is 5.91 Å². The molecule has 28 heavy (non-hydrogen) atoms. The van der Waals surface area contributed by atoms with Gasteiger partial charge in [-0.15, -0.1) is 0 Å². The van der Waals surface area contributed by atoms with Crippen molar-refractivity contribution in [2.45, 2.75) is 33.2 Å². The molecule has 150 valence electrons. The van der Waals surface area contributed by atoms with Gasteiger partial charge in [0.15, 0.2) is 0 Å². The summed E-state index contributed by atoms with van der Waals surface area (Å²) < 4.78 is 0. The van der Waals surface area contributed by atoms with E-state index in [1.54, 1.807) is 0 Å². The van der Waals surface area contributed by atoms with Crippen molar-refractivity contribution in [2.24, 2.45) is 0 Å². The molecule has 0 atom stereocenters. The van der Waals surface area contributed by atoms with Crippen LogP contribution in [0.1, 0.15) is 42.7 Å². The van der Waals surface area contributed by atoms with Gasteiger partial charge in [-0.05, 0) is 30.5 Å². The van der Waals surface area contributed by atoms with Crippen LogP contribution < -0.4 is 4.90 Å². The molecule has 5 heteroatoms. The third kappa shape index (κ3) is 5.32. The van der Waals surface area contributed by atoms with Gasteiger partial charge in [-0.2, -0.15) is 0 Å². The second-order valence-electron chi connectivity index (χ2n) is 7.44. The molecule has 5 nitrogen and oxygen atoms in total. The van der Waals surface area contributed by atoms with Crippen LogP contribution in [-0.2, 0) is 6.54 Å². The van der Waals surface area contributed by atoms with E-state index >= 15 is 0 Å². The van der Waals surface area contributed by atoms with Crippen molar-refractivity contribution in [1.82, 2.24) is 14.8 Å². The molecule has 0 saturated carbocycles. The van der Waals surface area contributed by atoms with Crippen LogP contribution in [0.3, 0.4) is 0 Å². The van der Waals surface area contributed by atoms with Crippen LogP contribution in [-0.4, -0.2) is 60.0 Å². The molecular formula is C23H32N4O. The molecule has 1 aliphatic heterocycles. The molecule has 2 aromatic rings. The highest BCUT2D eigenvalue weighted by atomic mass is 16.2. The van der Waals surface area contributed by atoms with Crippen molar-refractivity contribution in [1.29, 1.82) is 0 Å². The molecule has 1 aromatic heterocycles. The Morgan fingerprint density at radius 1 is 0.964 bits per heavy atom. The zero-order chi connectivity index (χ0) is 19.8. The van der Waals surface area contributed by atoms with Gasteiger partial charge in [0.25, 0.3) is 5.91 Å². The number of nitrogens with zero attached hydrogens (tertiary/aromatic N) is 4. The van der Waals surface area contributed by atoms with Crippen LogP contribution in [0.4, 0.5) is 5.69 Å². The highest BCUT2D eigenvalue weighted by molar-refractivity contribution is 5.92. The summed E-state index contributed by atoms with van der Waals surface area (Å²) in [5, 5.41) is 0. The Bertz CT molecular complexity index is 718. The van der Waals surface area contributed by atoms with Gasteiger partial charge in [-0.3, -0.25) is 9.69 Å². The maximum absolute atomic E-state index is 12.7. The number of amides is 1. The van der Waals surface area contributed by atoms with Gasteiger partial charge in [-0.1, -0.05) is 44.2 Å². The first-order valence-corrected chi connectivity index (χ1v) is 10.5. The summed E-state index contributed by atoms with van der Waals surface area (Å²) in [4.78, 5) is 23.9. The summed E-state index contributed by atoms with van der Waals surface area (Å²) in [6, 6.07) is 14.6. The maximum Gasteiger partial charge on any atom is 0.272 e. The second-order valence-corrected chi connectivity index (χ2v) is 7.44.